The second-order valence-electron chi connectivity index (χ2n) is 4.69. The maximum atomic E-state index is 13.7. The van der Waals surface area contributed by atoms with Crippen molar-refractivity contribution in [3.8, 4) is 11.3 Å². The Kier molecular flexibility index (Phi) is 4.12. The molecule has 2 aromatic rings. The number of nitrogens with zero attached hydrogens (tertiary/aromatic N) is 1. The fourth-order valence-corrected chi connectivity index (χ4v) is 2.11. The highest BCUT2D eigenvalue weighted by atomic mass is 19.1. The van der Waals surface area contributed by atoms with Crippen LogP contribution in [0.4, 0.5) is 14.6 Å². The van der Waals surface area contributed by atoms with Gasteiger partial charge < -0.3 is 14.8 Å². The van der Waals surface area contributed by atoms with E-state index in [2.05, 4.69) is 15.5 Å². The fourth-order valence-electron chi connectivity index (χ4n) is 2.11. The number of aromatic nitrogens is 2. The van der Waals surface area contributed by atoms with Gasteiger partial charge in [0.25, 0.3) is 5.91 Å². The van der Waals surface area contributed by atoms with Gasteiger partial charge in [0.05, 0.1) is 31.1 Å². The first kappa shape index (κ1) is 14.6. The first-order chi connectivity index (χ1) is 10.6. The zero-order chi connectivity index (χ0) is 15.5. The SMILES string of the molecule is O=C(Nc1cc(-c2c(F)cccc2F)[nH]n1)C1COCCO1. The molecular formula is C14H13F2N3O3. The van der Waals surface area contributed by atoms with E-state index in [1.165, 1.54) is 12.1 Å². The largest absolute Gasteiger partial charge is 0.376 e. The average Bonchev–Trinajstić information content (AvgIpc) is 2.96. The number of carbonyl (C=O) groups excluding carboxylic acids is 1. The molecule has 0 radical (unpaired) electrons. The van der Waals surface area contributed by atoms with Gasteiger partial charge in [-0.25, -0.2) is 8.78 Å². The van der Waals surface area contributed by atoms with Gasteiger partial charge in [-0.15, -0.1) is 0 Å². The van der Waals surface area contributed by atoms with Crippen molar-refractivity contribution in [1.82, 2.24) is 10.2 Å². The summed E-state index contributed by atoms with van der Waals surface area (Å²) in [6.07, 6.45) is -0.723. The molecular weight excluding hydrogens is 296 g/mol. The second kappa shape index (κ2) is 6.20. The van der Waals surface area contributed by atoms with Crippen molar-refractivity contribution in [2.45, 2.75) is 6.10 Å². The number of H-pyrrole nitrogens is 1. The topological polar surface area (TPSA) is 76.2 Å². The monoisotopic (exact) mass is 309 g/mol. The number of hydrogen-bond acceptors (Lipinski definition) is 4. The lowest BCUT2D eigenvalue weighted by Crippen LogP contribution is -2.39. The Balaban J connectivity index is 1.75. The Morgan fingerprint density at radius 1 is 1.32 bits per heavy atom. The van der Waals surface area contributed by atoms with Gasteiger partial charge in [0, 0.05) is 6.07 Å². The molecule has 116 valence electrons. The molecule has 1 amide bonds. The van der Waals surface area contributed by atoms with E-state index in [9.17, 15) is 13.6 Å². The van der Waals surface area contributed by atoms with Gasteiger partial charge in [0.2, 0.25) is 0 Å². The molecule has 1 atom stereocenters. The van der Waals surface area contributed by atoms with Crippen molar-refractivity contribution in [2.24, 2.45) is 0 Å². The van der Waals surface area contributed by atoms with Crippen LogP contribution in [0.1, 0.15) is 0 Å². The van der Waals surface area contributed by atoms with Gasteiger partial charge in [-0.1, -0.05) is 6.07 Å². The third kappa shape index (κ3) is 2.97. The average molecular weight is 309 g/mol. The van der Waals surface area contributed by atoms with Gasteiger partial charge in [0.15, 0.2) is 11.9 Å². The van der Waals surface area contributed by atoms with Crippen LogP contribution in [0.3, 0.4) is 0 Å². The maximum Gasteiger partial charge on any atom is 0.257 e. The lowest BCUT2D eigenvalue weighted by molar-refractivity contribution is -0.142. The summed E-state index contributed by atoms with van der Waals surface area (Å²) in [7, 11) is 0. The first-order valence-electron chi connectivity index (χ1n) is 6.65. The molecule has 0 saturated carbocycles. The molecule has 0 spiro atoms. The molecule has 1 aliphatic rings. The Morgan fingerprint density at radius 3 is 2.77 bits per heavy atom. The van der Waals surface area contributed by atoms with Crippen LogP contribution in [-0.2, 0) is 14.3 Å². The number of carbonyl (C=O) groups is 1. The zero-order valence-electron chi connectivity index (χ0n) is 11.4. The molecule has 8 heteroatoms. The number of anilines is 1. The molecule has 22 heavy (non-hydrogen) atoms. The number of aromatic amines is 1. The fraction of sp³-hybridized carbons (Fsp3) is 0.286. The Morgan fingerprint density at radius 2 is 2.09 bits per heavy atom. The number of benzene rings is 1. The minimum atomic E-state index is -0.723. The van der Waals surface area contributed by atoms with Gasteiger partial charge in [-0.05, 0) is 12.1 Å². The van der Waals surface area contributed by atoms with E-state index in [0.29, 0.717) is 13.2 Å². The van der Waals surface area contributed by atoms with Crippen LogP contribution >= 0.6 is 0 Å². The van der Waals surface area contributed by atoms with Crippen molar-refractivity contribution in [1.29, 1.82) is 0 Å². The molecule has 3 rings (SSSR count). The van der Waals surface area contributed by atoms with Crippen molar-refractivity contribution >= 4 is 11.7 Å². The molecule has 2 heterocycles. The number of halogens is 2. The minimum absolute atomic E-state index is 0.131. The van der Waals surface area contributed by atoms with E-state index in [-0.39, 0.29) is 23.7 Å². The third-order valence-electron chi connectivity index (χ3n) is 3.17. The van der Waals surface area contributed by atoms with Gasteiger partial charge in [-0.2, -0.15) is 5.10 Å². The molecule has 6 nitrogen and oxygen atoms in total. The van der Waals surface area contributed by atoms with E-state index in [1.54, 1.807) is 0 Å². The van der Waals surface area contributed by atoms with Crippen LogP contribution in [0.25, 0.3) is 11.3 Å². The molecule has 2 N–H and O–H groups in total. The summed E-state index contributed by atoms with van der Waals surface area (Å²) in [5.41, 5.74) is -0.0977. The van der Waals surface area contributed by atoms with E-state index in [0.717, 1.165) is 12.1 Å². The summed E-state index contributed by atoms with van der Waals surface area (Å²) in [6, 6.07) is 4.91. The van der Waals surface area contributed by atoms with Crippen molar-refractivity contribution < 1.29 is 23.0 Å². The minimum Gasteiger partial charge on any atom is -0.376 e. The third-order valence-corrected chi connectivity index (χ3v) is 3.17. The number of amides is 1. The summed E-state index contributed by atoms with van der Waals surface area (Å²) in [5, 5.41) is 8.83. The number of ether oxygens (including phenoxy) is 2. The van der Waals surface area contributed by atoms with E-state index >= 15 is 0 Å². The smallest absolute Gasteiger partial charge is 0.257 e. The van der Waals surface area contributed by atoms with E-state index in [1.807, 2.05) is 0 Å². The van der Waals surface area contributed by atoms with E-state index < -0.39 is 23.6 Å². The summed E-state index contributed by atoms with van der Waals surface area (Å²) in [6.45, 7) is 0.943. The summed E-state index contributed by atoms with van der Waals surface area (Å²) in [5.74, 6) is -1.71. The zero-order valence-corrected chi connectivity index (χ0v) is 11.4. The predicted molar refractivity (Wildman–Crippen MR) is 73.1 cm³/mol. The van der Waals surface area contributed by atoms with Gasteiger partial charge in [0.1, 0.15) is 11.6 Å². The van der Waals surface area contributed by atoms with Crippen LogP contribution in [0, 0.1) is 11.6 Å². The highest BCUT2D eigenvalue weighted by Crippen LogP contribution is 2.25. The highest BCUT2D eigenvalue weighted by molar-refractivity contribution is 5.94. The predicted octanol–water partition coefficient (Wildman–Crippen LogP) is 1.71. The molecule has 1 saturated heterocycles. The lowest BCUT2D eigenvalue weighted by atomic mass is 10.1. The van der Waals surface area contributed by atoms with Crippen LogP contribution in [0.5, 0.6) is 0 Å². The molecule has 1 unspecified atom stereocenters. The normalized spacial score (nSPS) is 18.2. The number of rotatable bonds is 3. The highest BCUT2D eigenvalue weighted by Gasteiger charge is 2.23. The molecule has 0 aliphatic carbocycles. The molecule has 1 aliphatic heterocycles. The number of hydrogen-bond donors (Lipinski definition) is 2. The standard InChI is InChI=1S/C14H13F2N3O3/c15-8-2-1-3-9(16)13(8)10-6-12(19-18-10)17-14(20)11-7-21-4-5-22-11/h1-3,6,11H,4-5,7H2,(H2,17,18,19,20). The van der Waals surface area contributed by atoms with Crippen molar-refractivity contribution in [3.63, 3.8) is 0 Å². The lowest BCUT2D eigenvalue weighted by Gasteiger charge is -2.21. The molecule has 1 fully saturated rings. The quantitative estimate of drug-likeness (QED) is 0.905. The van der Waals surface area contributed by atoms with Crippen LogP contribution in [-0.4, -0.2) is 42.0 Å². The van der Waals surface area contributed by atoms with Crippen LogP contribution < -0.4 is 5.32 Å². The number of nitrogens with one attached hydrogen (secondary N) is 2. The molecule has 1 aromatic carbocycles. The maximum absolute atomic E-state index is 13.7. The van der Waals surface area contributed by atoms with Gasteiger partial charge >= 0.3 is 0 Å². The Hall–Kier alpha value is -2.32. The van der Waals surface area contributed by atoms with Crippen molar-refractivity contribution in [2.75, 3.05) is 25.1 Å². The Labute approximate surface area is 124 Å². The summed E-state index contributed by atoms with van der Waals surface area (Å²) >= 11 is 0. The van der Waals surface area contributed by atoms with E-state index in [4.69, 9.17) is 9.47 Å². The van der Waals surface area contributed by atoms with Gasteiger partial charge in [-0.3, -0.25) is 9.89 Å². The first-order valence-corrected chi connectivity index (χ1v) is 6.65. The Bertz CT molecular complexity index is 663. The van der Waals surface area contributed by atoms with Crippen LogP contribution in [0.2, 0.25) is 0 Å². The molecule has 0 bridgehead atoms. The summed E-state index contributed by atoms with van der Waals surface area (Å²) in [4.78, 5) is 11.9. The van der Waals surface area contributed by atoms with Crippen LogP contribution in [0.15, 0.2) is 24.3 Å². The molecule has 1 aromatic heterocycles. The summed E-state index contributed by atoms with van der Waals surface area (Å²) < 4.78 is 37.8. The second-order valence-corrected chi connectivity index (χ2v) is 4.69. The van der Waals surface area contributed by atoms with Crippen molar-refractivity contribution in [3.05, 3.63) is 35.9 Å².